The molecule has 0 saturated heterocycles. The Morgan fingerprint density at radius 2 is 2.00 bits per heavy atom. The highest BCUT2D eigenvalue weighted by atomic mass is 19.1. The van der Waals surface area contributed by atoms with Crippen molar-refractivity contribution >= 4 is 16.9 Å². The van der Waals surface area contributed by atoms with Gasteiger partial charge in [0.15, 0.2) is 5.82 Å². The normalized spacial score (nSPS) is 10.8. The molecule has 0 bridgehead atoms. The number of halogens is 1. The molecule has 5 heteroatoms. The third-order valence-electron chi connectivity index (χ3n) is 2.78. The Balaban J connectivity index is 2.02. The van der Waals surface area contributed by atoms with Gasteiger partial charge < -0.3 is 5.73 Å². The van der Waals surface area contributed by atoms with E-state index >= 15 is 0 Å². The van der Waals surface area contributed by atoms with Crippen LogP contribution in [0.5, 0.6) is 0 Å². The second kappa shape index (κ2) is 4.61. The SMILES string of the molecule is Nc1nc(Cc2cccc(F)c2)nc2cccnc12. The topological polar surface area (TPSA) is 64.7 Å². The summed E-state index contributed by atoms with van der Waals surface area (Å²) in [7, 11) is 0. The lowest BCUT2D eigenvalue weighted by Gasteiger charge is -2.04. The number of nitrogens with two attached hydrogens (primary N) is 1. The van der Waals surface area contributed by atoms with Crippen LogP contribution in [0, 0.1) is 5.82 Å². The first-order valence-electron chi connectivity index (χ1n) is 5.84. The number of nitrogens with zero attached hydrogens (tertiary/aromatic N) is 3. The van der Waals surface area contributed by atoms with Crippen LogP contribution < -0.4 is 5.73 Å². The van der Waals surface area contributed by atoms with Gasteiger partial charge in [0.1, 0.15) is 17.2 Å². The molecule has 94 valence electrons. The lowest BCUT2D eigenvalue weighted by Crippen LogP contribution is -2.03. The third-order valence-corrected chi connectivity index (χ3v) is 2.78. The predicted molar refractivity (Wildman–Crippen MR) is 71.0 cm³/mol. The van der Waals surface area contributed by atoms with Gasteiger partial charge in [0.05, 0.1) is 5.52 Å². The third kappa shape index (κ3) is 2.35. The molecule has 2 heterocycles. The van der Waals surface area contributed by atoms with E-state index in [0.29, 0.717) is 29.1 Å². The van der Waals surface area contributed by atoms with Crippen molar-refractivity contribution in [3.63, 3.8) is 0 Å². The second-order valence-electron chi connectivity index (χ2n) is 4.20. The van der Waals surface area contributed by atoms with E-state index in [1.807, 2.05) is 12.1 Å². The number of fused-ring (bicyclic) bond motifs is 1. The number of nitrogen functional groups attached to an aromatic ring is 1. The van der Waals surface area contributed by atoms with Crippen molar-refractivity contribution in [1.82, 2.24) is 15.0 Å². The quantitative estimate of drug-likeness (QED) is 0.762. The first-order chi connectivity index (χ1) is 9.22. The molecule has 2 aromatic heterocycles. The average Bonchev–Trinajstić information content (AvgIpc) is 2.39. The Morgan fingerprint density at radius 1 is 1.11 bits per heavy atom. The molecule has 0 amide bonds. The van der Waals surface area contributed by atoms with Gasteiger partial charge in [-0.2, -0.15) is 0 Å². The van der Waals surface area contributed by atoms with Crippen LogP contribution in [0.1, 0.15) is 11.4 Å². The van der Waals surface area contributed by atoms with Crippen LogP contribution >= 0.6 is 0 Å². The zero-order chi connectivity index (χ0) is 13.2. The first kappa shape index (κ1) is 11.5. The van der Waals surface area contributed by atoms with E-state index in [-0.39, 0.29) is 5.82 Å². The summed E-state index contributed by atoms with van der Waals surface area (Å²) in [6.45, 7) is 0. The van der Waals surface area contributed by atoms with E-state index in [4.69, 9.17) is 5.73 Å². The Bertz CT molecular complexity index is 742. The molecule has 0 saturated carbocycles. The van der Waals surface area contributed by atoms with Crippen molar-refractivity contribution in [3.05, 3.63) is 59.8 Å². The molecule has 2 N–H and O–H groups in total. The predicted octanol–water partition coefficient (Wildman–Crippen LogP) is 2.34. The number of anilines is 1. The lowest BCUT2D eigenvalue weighted by molar-refractivity contribution is 0.626. The van der Waals surface area contributed by atoms with Crippen molar-refractivity contribution in [1.29, 1.82) is 0 Å². The molecule has 4 nitrogen and oxygen atoms in total. The minimum Gasteiger partial charge on any atom is -0.382 e. The van der Waals surface area contributed by atoms with Gasteiger partial charge in [-0.15, -0.1) is 0 Å². The van der Waals surface area contributed by atoms with Gasteiger partial charge in [0, 0.05) is 12.6 Å². The monoisotopic (exact) mass is 254 g/mol. The Morgan fingerprint density at radius 3 is 2.84 bits per heavy atom. The summed E-state index contributed by atoms with van der Waals surface area (Å²) in [5, 5.41) is 0. The molecule has 0 atom stereocenters. The summed E-state index contributed by atoms with van der Waals surface area (Å²) < 4.78 is 13.1. The van der Waals surface area contributed by atoms with Gasteiger partial charge in [-0.25, -0.2) is 14.4 Å². The molecular weight excluding hydrogens is 243 g/mol. The summed E-state index contributed by atoms with van der Waals surface area (Å²) in [5.41, 5.74) is 7.95. The smallest absolute Gasteiger partial charge is 0.153 e. The number of hydrogen-bond acceptors (Lipinski definition) is 4. The Kier molecular flexibility index (Phi) is 2.79. The highest BCUT2D eigenvalue weighted by molar-refractivity contribution is 5.83. The van der Waals surface area contributed by atoms with Crippen molar-refractivity contribution in [3.8, 4) is 0 Å². The molecule has 0 fully saturated rings. The molecule has 0 aliphatic rings. The van der Waals surface area contributed by atoms with E-state index in [1.54, 1.807) is 18.3 Å². The zero-order valence-corrected chi connectivity index (χ0v) is 10.0. The molecular formula is C14H11FN4. The lowest BCUT2D eigenvalue weighted by atomic mass is 10.1. The van der Waals surface area contributed by atoms with Gasteiger partial charge in [-0.3, -0.25) is 4.98 Å². The molecule has 3 rings (SSSR count). The molecule has 0 radical (unpaired) electrons. The number of hydrogen-bond donors (Lipinski definition) is 1. The summed E-state index contributed by atoms with van der Waals surface area (Å²) in [5.74, 6) is 0.633. The molecule has 0 aliphatic heterocycles. The minimum absolute atomic E-state index is 0.270. The summed E-state index contributed by atoms with van der Waals surface area (Å²) in [4.78, 5) is 12.7. The van der Waals surface area contributed by atoms with Crippen LogP contribution in [0.4, 0.5) is 10.2 Å². The van der Waals surface area contributed by atoms with Gasteiger partial charge in [0.25, 0.3) is 0 Å². The van der Waals surface area contributed by atoms with Gasteiger partial charge in [-0.05, 0) is 29.8 Å². The van der Waals surface area contributed by atoms with Gasteiger partial charge in [-0.1, -0.05) is 12.1 Å². The maximum Gasteiger partial charge on any atom is 0.153 e. The highest BCUT2D eigenvalue weighted by Crippen LogP contribution is 2.16. The van der Waals surface area contributed by atoms with E-state index in [0.717, 1.165) is 5.56 Å². The highest BCUT2D eigenvalue weighted by Gasteiger charge is 2.07. The van der Waals surface area contributed by atoms with Crippen molar-refractivity contribution in [2.75, 3.05) is 5.73 Å². The molecule has 0 aliphatic carbocycles. The number of rotatable bonds is 2. The summed E-state index contributed by atoms with van der Waals surface area (Å²) in [6.07, 6.45) is 2.08. The number of aromatic nitrogens is 3. The van der Waals surface area contributed by atoms with Crippen LogP contribution in [0.3, 0.4) is 0 Å². The molecule has 1 aromatic carbocycles. The number of benzene rings is 1. The fourth-order valence-electron chi connectivity index (χ4n) is 1.95. The second-order valence-corrected chi connectivity index (χ2v) is 4.20. The van der Waals surface area contributed by atoms with Crippen LogP contribution in [-0.2, 0) is 6.42 Å². The maximum atomic E-state index is 13.1. The van der Waals surface area contributed by atoms with Crippen LogP contribution in [0.25, 0.3) is 11.0 Å². The van der Waals surface area contributed by atoms with E-state index in [9.17, 15) is 4.39 Å². The minimum atomic E-state index is -0.270. The average molecular weight is 254 g/mol. The van der Waals surface area contributed by atoms with E-state index < -0.39 is 0 Å². The Hall–Kier alpha value is -2.56. The fourth-order valence-corrected chi connectivity index (χ4v) is 1.95. The van der Waals surface area contributed by atoms with E-state index in [1.165, 1.54) is 12.1 Å². The zero-order valence-electron chi connectivity index (χ0n) is 10.0. The van der Waals surface area contributed by atoms with Crippen LogP contribution in [-0.4, -0.2) is 15.0 Å². The fraction of sp³-hybridized carbons (Fsp3) is 0.0714. The van der Waals surface area contributed by atoms with Crippen LogP contribution in [0.2, 0.25) is 0 Å². The maximum absolute atomic E-state index is 13.1. The summed E-state index contributed by atoms with van der Waals surface area (Å²) >= 11 is 0. The Labute approximate surface area is 109 Å². The standard InChI is InChI=1S/C14H11FN4/c15-10-4-1-3-9(7-10)8-12-18-11-5-2-6-17-13(11)14(16)19-12/h1-7H,8H2,(H2,16,18,19). The van der Waals surface area contributed by atoms with Crippen molar-refractivity contribution in [2.24, 2.45) is 0 Å². The molecule has 0 unspecified atom stereocenters. The summed E-state index contributed by atoms with van der Waals surface area (Å²) in [6, 6.07) is 9.99. The number of pyridine rings is 1. The van der Waals surface area contributed by atoms with Crippen molar-refractivity contribution in [2.45, 2.75) is 6.42 Å². The van der Waals surface area contributed by atoms with Gasteiger partial charge >= 0.3 is 0 Å². The molecule has 3 aromatic rings. The first-order valence-corrected chi connectivity index (χ1v) is 5.84. The molecule has 0 spiro atoms. The van der Waals surface area contributed by atoms with Crippen LogP contribution in [0.15, 0.2) is 42.6 Å². The van der Waals surface area contributed by atoms with Gasteiger partial charge in [0.2, 0.25) is 0 Å². The van der Waals surface area contributed by atoms with E-state index in [2.05, 4.69) is 15.0 Å². The van der Waals surface area contributed by atoms with Crippen molar-refractivity contribution < 1.29 is 4.39 Å². The molecule has 19 heavy (non-hydrogen) atoms. The largest absolute Gasteiger partial charge is 0.382 e.